The largest absolute Gasteiger partial charge is 0.340 e. The van der Waals surface area contributed by atoms with Gasteiger partial charge in [-0.15, -0.1) is 22.7 Å². The van der Waals surface area contributed by atoms with Gasteiger partial charge in [0.25, 0.3) is 0 Å². The minimum Gasteiger partial charge on any atom is -0.340 e. The van der Waals surface area contributed by atoms with Gasteiger partial charge in [0.05, 0.1) is 20.8 Å². The number of unbranched alkanes of at least 4 members (excludes halogenated alkanes) is 2. The number of nitrogens with zero attached hydrogens (tertiary/aromatic N) is 7. The van der Waals surface area contributed by atoms with Crippen molar-refractivity contribution in [3.8, 4) is 42.3 Å². The fourth-order valence-corrected chi connectivity index (χ4v) is 12.7. The predicted molar refractivity (Wildman–Crippen MR) is 323 cm³/mol. The smallest absolute Gasteiger partial charge is 0.173 e. The van der Waals surface area contributed by atoms with Crippen LogP contribution in [-0.2, 0) is 13.1 Å². The van der Waals surface area contributed by atoms with Gasteiger partial charge in [0.2, 0.25) is 0 Å². The first kappa shape index (κ1) is 47.1. The maximum atomic E-state index is 5.10. The summed E-state index contributed by atoms with van der Waals surface area (Å²) in [5, 5.41) is 5.07. The lowest BCUT2D eigenvalue weighted by Gasteiger charge is -2.25. The second kappa shape index (κ2) is 20.6. The summed E-state index contributed by atoms with van der Waals surface area (Å²) < 4.78 is 5.06. The summed E-state index contributed by atoms with van der Waals surface area (Å²) in [7, 11) is 0. The molecule has 76 heavy (non-hydrogen) atoms. The van der Waals surface area contributed by atoms with E-state index < -0.39 is 0 Å². The molecule has 8 aromatic carbocycles. The minimum atomic E-state index is 0.683. The number of fused-ring (bicyclic) bond motifs is 6. The lowest BCUT2D eigenvalue weighted by Crippen LogP contribution is -2.09. The first-order chi connectivity index (χ1) is 37.6. The first-order valence-corrected chi connectivity index (χ1v) is 28.1. The molecular formula is C67H55N7S2. The van der Waals surface area contributed by atoms with Gasteiger partial charge in [-0.25, -0.2) is 15.0 Å². The van der Waals surface area contributed by atoms with Gasteiger partial charge in [0.15, 0.2) is 11.6 Å². The van der Waals surface area contributed by atoms with Crippen molar-refractivity contribution < 1.29 is 0 Å². The molecule has 0 fully saturated rings. The van der Waals surface area contributed by atoms with Crippen LogP contribution in [0.1, 0.15) is 39.5 Å². The molecule has 5 heterocycles. The van der Waals surface area contributed by atoms with Crippen LogP contribution in [0.5, 0.6) is 0 Å². The summed E-state index contributed by atoms with van der Waals surface area (Å²) in [6.45, 7) is 6.42. The maximum Gasteiger partial charge on any atom is 0.173 e. The Bertz CT molecular complexity index is 3810. The van der Waals surface area contributed by atoms with E-state index in [1.165, 1.54) is 64.5 Å². The highest BCUT2D eigenvalue weighted by atomic mass is 32.1. The average molecular weight is 1020 g/mol. The van der Waals surface area contributed by atoms with Crippen LogP contribution in [0.25, 0.3) is 85.9 Å². The highest BCUT2D eigenvalue weighted by Gasteiger charge is 2.21. The van der Waals surface area contributed by atoms with Gasteiger partial charge in [0, 0.05) is 89.5 Å². The van der Waals surface area contributed by atoms with Crippen molar-refractivity contribution in [3.63, 3.8) is 0 Å². The molecule has 0 unspecified atom stereocenters. The van der Waals surface area contributed by atoms with Crippen molar-refractivity contribution in [3.05, 3.63) is 225 Å². The van der Waals surface area contributed by atoms with Gasteiger partial charge in [-0.3, -0.25) is 0 Å². The van der Waals surface area contributed by atoms with Crippen LogP contribution in [0, 0.1) is 0 Å². The molecule has 0 aliphatic rings. The van der Waals surface area contributed by atoms with Crippen LogP contribution in [0.4, 0.5) is 34.1 Å². The van der Waals surface area contributed by atoms with Crippen LogP contribution < -0.4 is 9.80 Å². The number of para-hydroxylation sites is 4. The maximum absolute atomic E-state index is 5.10. The minimum absolute atomic E-state index is 0.683. The number of anilines is 6. The Morgan fingerprint density at radius 2 is 0.697 bits per heavy atom. The monoisotopic (exact) mass is 1020 g/mol. The van der Waals surface area contributed by atoms with Crippen LogP contribution in [0.2, 0.25) is 0 Å². The van der Waals surface area contributed by atoms with E-state index in [9.17, 15) is 0 Å². The molecule has 0 saturated carbocycles. The SMILES string of the molecule is CCCCn1c2cc(-c3ccc(-c4ncnc(-c5ccc(-c6ccc7c8ccc(N(c9ccccc9)c9ccccc9)cc8n(CCCC)c7c6)s5)n4)s3)ccc2c2ccc(N(c3ccccc3)c3ccccc3)cc21. The highest BCUT2D eigenvalue weighted by Crippen LogP contribution is 2.44. The van der Waals surface area contributed by atoms with E-state index in [2.05, 4.69) is 251 Å². The van der Waals surface area contributed by atoms with Crippen LogP contribution >= 0.6 is 22.7 Å². The Labute approximate surface area is 451 Å². The fraction of sp³-hybridized carbons (Fsp3) is 0.119. The lowest BCUT2D eigenvalue weighted by molar-refractivity contribution is 0.665. The zero-order valence-corrected chi connectivity index (χ0v) is 44.2. The molecule has 370 valence electrons. The van der Waals surface area contributed by atoms with E-state index >= 15 is 0 Å². The Kier molecular flexibility index (Phi) is 12.8. The van der Waals surface area contributed by atoms with Crippen LogP contribution in [0.3, 0.4) is 0 Å². The second-order valence-electron chi connectivity index (χ2n) is 19.4. The summed E-state index contributed by atoms with van der Waals surface area (Å²) in [6.07, 6.45) is 6.07. The Balaban J connectivity index is 0.802. The molecule has 0 spiro atoms. The molecule has 0 radical (unpaired) electrons. The van der Waals surface area contributed by atoms with Gasteiger partial charge in [-0.1, -0.05) is 136 Å². The van der Waals surface area contributed by atoms with Crippen molar-refractivity contribution in [2.45, 2.75) is 52.6 Å². The Hall–Kier alpha value is -8.63. The van der Waals surface area contributed by atoms with Gasteiger partial charge in [-0.2, -0.15) is 0 Å². The quantitative estimate of drug-likeness (QED) is 0.0965. The van der Waals surface area contributed by atoms with Gasteiger partial charge >= 0.3 is 0 Å². The van der Waals surface area contributed by atoms with Crippen molar-refractivity contribution >= 4 is 100 Å². The summed E-state index contributed by atoms with van der Waals surface area (Å²) >= 11 is 3.45. The third kappa shape index (κ3) is 8.81. The predicted octanol–water partition coefficient (Wildman–Crippen LogP) is 19.4. The summed E-state index contributed by atoms with van der Waals surface area (Å²) in [4.78, 5) is 23.6. The van der Waals surface area contributed by atoms with Crippen molar-refractivity contribution in [2.75, 3.05) is 9.80 Å². The third-order valence-electron chi connectivity index (χ3n) is 14.5. The Morgan fingerprint density at radius 1 is 0.355 bits per heavy atom. The van der Waals surface area contributed by atoms with Crippen molar-refractivity contribution in [2.24, 2.45) is 0 Å². The fourth-order valence-electron chi connectivity index (χ4n) is 10.8. The van der Waals surface area contributed by atoms with Crippen molar-refractivity contribution in [1.29, 1.82) is 0 Å². The highest BCUT2D eigenvalue weighted by molar-refractivity contribution is 7.19. The zero-order chi connectivity index (χ0) is 51.0. The van der Waals surface area contributed by atoms with Gasteiger partial charge < -0.3 is 18.9 Å². The molecule has 13 rings (SSSR count). The van der Waals surface area contributed by atoms with Crippen LogP contribution in [-0.4, -0.2) is 24.1 Å². The van der Waals surface area contributed by atoms with Gasteiger partial charge in [-0.05, 0) is 133 Å². The number of thiophene rings is 2. The lowest BCUT2D eigenvalue weighted by atomic mass is 10.1. The number of benzene rings is 8. The van der Waals surface area contributed by atoms with E-state index in [-0.39, 0.29) is 0 Å². The average Bonchev–Trinajstić information content (AvgIpc) is 4.35. The molecule has 0 N–H and O–H groups in total. The Morgan fingerprint density at radius 3 is 1.07 bits per heavy atom. The standard InChI is InChI=1S/C67H55N7S2/c1-3-5-39-71-58-41-46(27-31-54(58)56-33-29-52(43-60(56)71)73(48-19-11-7-12-20-48)49-21-13-8-14-22-49)62-35-37-64(75-62)66-68-45-69-67(70-66)65-38-36-63(76-65)47-28-32-55-57-34-30-53(44-61(57)72(40-6-4-2)59(55)42-47)74(50-23-15-9-16-24-50)51-25-17-10-18-26-51/h7-38,41-45H,3-6,39-40H2,1-2H3. The molecule has 13 aromatic rings. The number of aryl methyl sites for hydroxylation is 2. The number of aromatic nitrogens is 5. The third-order valence-corrected chi connectivity index (χ3v) is 16.8. The van der Waals surface area contributed by atoms with E-state index in [0.717, 1.165) is 82.7 Å². The van der Waals surface area contributed by atoms with E-state index in [1.54, 1.807) is 29.0 Å². The van der Waals surface area contributed by atoms with Gasteiger partial charge in [0.1, 0.15) is 6.33 Å². The summed E-state index contributed by atoms with van der Waals surface area (Å²) in [5.74, 6) is 1.37. The van der Waals surface area contributed by atoms with E-state index in [1.807, 2.05) is 0 Å². The molecular weight excluding hydrogens is 967 g/mol. The normalized spacial score (nSPS) is 11.6. The number of rotatable bonds is 16. The molecule has 0 aliphatic carbocycles. The number of hydrogen-bond acceptors (Lipinski definition) is 7. The van der Waals surface area contributed by atoms with E-state index in [4.69, 9.17) is 15.0 Å². The summed E-state index contributed by atoms with van der Waals surface area (Å²) in [5.41, 5.74) is 14.2. The molecule has 0 bridgehead atoms. The molecule has 0 aliphatic heterocycles. The van der Waals surface area contributed by atoms with Crippen LogP contribution in [0.15, 0.2) is 225 Å². The molecule has 0 atom stereocenters. The first-order valence-electron chi connectivity index (χ1n) is 26.4. The molecule has 7 nitrogen and oxygen atoms in total. The number of hydrogen-bond donors (Lipinski definition) is 0. The van der Waals surface area contributed by atoms with E-state index in [0.29, 0.717) is 11.6 Å². The molecule has 9 heteroatoms. The second-order valence-corrected chi connectivity index (χ2v) is 21.5. The molecule has 5 aromatic heterocycles. The topological polar surface area (TPSA) is 55.0 Å². The summed E-state index contributed by atoms with van der Waals surface area (Å²) in [6, 6.07) is 79.1. The van der Waals surface area contributed by atoms with Crippen molar-refractivity contribution in [1.82, 2.24) is 24.1 Å². The zero-order valence-electron chi connectivity index (χ0n) is 42.6. The molecule has 0 amide bonds. The molecule has 0 saturated heterocycles.